The van der Waals surface area contributed by atoms with Gasteiger partial charge in [0.2, 0.25) is 0 Å². The number of rotatable bonds is 7. The van der Waals surface area contributed by atoms with Crippen LogP contribution >= 0.6 is 0 Å². The van der Waals surface area contributed by atoms with Gasteiger partial charge in [0.05, 0.1) is 28.1 Å². The minimum absolute atomic E-state index is 0.144. The van der Waals surface area contributed by atoms with E-state index in [2.05, 4.69) is 288 Å². The molecule has 16 aromatic carbocycles. The molecule has 30 aromatic rings. The maximum absolute atomic E-state index is 6.41. The number of imidazole rings is 3. The number of benzene rings is 16. The van der Waals surface area contributed by atoms with Crippen molar-refractivity contribution in [2.24, 2.45) is 0 Å². The topological polar surface area (TPSA) is 149 Å². The highest BCUT2D eigenvalue weighted by atomic mass is 16.4. The molecule has 0 saturated carbocycles. The van der Waals surface area contributed by atoms with Gasteiger partial charge in [0, 0.05) is 151 Å². The van der Waals surface area contributed by atoms with Crippen LogP contribution in [0.25, 0.3) is 276 Å². The van der Waals surface area contributed by atoms with Crippen molar-refractivity contribution in [3.8, 4) is 84.0 Å². The van der Waals surface area contributed by atoms with Crippen molar-refractivity contribution in [1.82, 2.24) is 32.7 Å². The minimum Gasteiger partial charge on any atom is -0.456 e. The molecule has 0 saturated heterocycles. The van der Waals surface area contributed by atoms with E-state index in [0.717, 1.165) is 243 Å². The number of nitrogens with zero attached hydrogens (tertiary/aromatic N) is 7. The Kier molecular flexibility index (Phi) is 15.5. The molecule has 0 fully saturated rings. The minimum atomic E-state index is -0.144. The maximum Gasteiger partial charge on any atom is 0.137 e. The Bertz CT molecular complexity index is 10200. The third kappa shape index (κ3) is 11.4. The molecule has 14 aromatic heterocycles. The van der Waals surface area contributed by atoms with Crippen LogP contribution in [-0.2, 0) is 5.41 Å². The molecule has 31 rings (SSSR count). The van der Waals surface area contributed by atoms with Gasteiger partial charge in [0.15, 0.2) is 0 Å². The largest absolute Gasteiger partial charge is 0.456 e. The summed E-state index contributed by atoms with van der Waals surface area (Å²) in [6.07, 6.45) is 12.3. The Hall–Kier alpha value is -18.0. The summed E-state index contributed by atoms with van der Waals surface area (Å²) >= 11 is 0. The van der Waals surface area contributed by atoms with Crippen LogP contribution in [0.3, 0.4) is 0 Å². The number of fused-ring (bicyclic) bond motifs is 30. The third-order valence-corrected chi connectivity index (χ3v) is 27.8. The van der Waals surface area contributed by atoms with Gasteiger partial charge in [-0.15, -0.1) is 0 Å². The van der Waals surface area contributed by atoms with Crippen molar-refractivity contribution in [2.45, 2.75) is 19.3 Å². The average Bonchev–Trinajstić information content (AvgIpc) is 1.56. The predicted octanol–water partition coefficient (Wildman–Crippen LogP) is 32.7. The quantitative estimate of drug-likeness (QED) is 0.151. The number of aromatic nitrogens is 7. The third-order valence-electron chi connectivity index (χ3n) is 27.8. The number of para-hydroxylation sites is 4. The second-order valence-electron chi connectivity index (χ2n) is 35.8. The van der Waals surface area contributed by atoms with Gasteiger partial charge in [-0.3, -0.25) is 0 Å². The van der Waals surface area contributed by atoms with Crippen LogP contribution in [0.5, 0.6) is 0 Å². The SMILES string of the molecule is CC1(C)c2cc(-c3ccc4oc5cc6c(cc5c4c3)oc3ccccc36)ccc2-c2ccc(-c3cn4ccccc4n3)cc21.c1ccc(-n2c3cc(-c4ccc5oc6cc7c(cc6c5c4)oc4ccccc47)ccc3c3ccc(-c4cn5ccccc5n4)cc32)cc1.c1ccc2c(c1)oc1cc3c(cc12)oc1ccc(-c2ccc4c(c2)oc2cc(-c5cn6ccccc6n5)ccc24)cc13. The maximum atomic E-state index is 6.41. The summed E-state index contributed by atoms with van der Waals surface area (Å²) in [4.78, 5) is 14.6. The van der Waals surface area contributed by atoms with E-state index in [0.29, 0.717) is 0 Å². The fourth-order valence-electron chi connectivity index (χ4n) is 21.1. The lowest BCUT2D eigenvalue weighted by Crippen LogP contribution is -2.15. The summed E-state index contributed by atoms with van der Waals surface area (Å²) in [5.41, 5.74) is 36.5. The standard InChI is InChI=1S/C43H25N3O2.C40H26N2O2.C37H20N2O3/c1-2-8-29(9-3-1)46-37-21-27(13-16-30(37)31-17-14-28(22-38(31)46)36-25-45-19-7-6-12-43(45)44-36)26-15-18-40-33(20-26)35-24-41-34(23-42(35)48-40)32-10-4-5-11-39(32)47-41;1-40(2)32-18-24(10-13-26(32)27-14-11-25(19-33(27)40)34-22-42-16-6-5-9-39(42)41-34)23-12-15-36-29(17-23)31-21-37-30(20-38(31)44-36)28-7-3-4-8-35(28)43-37;1-2-6-31-24(5-1)28-18-36-29(19-35(28)40-31)27-15-21(10-13-32(27)41-36)22-8-11-25-26-12-9-23(17-34(26)42-33(25)16-22)30-20-39-14-4-3-7-37(39)38-30/h1-25H;3-22H,1-2H3;1-20H. The summed E-state index contributed by atoms with van der Waals surface area (Å²) in [5.74, 6) is 0. The van der Waals surface area contributed by atoms with Crippen LogP contribution in [0.1, 0.15) is 25.0 Å². The van der Waals surface area contributed by atoms with Crippen LogP contribution in [0.15, 0.2) is 426 Å². The number of pyridine rings is 3. The molecule has 0 unspecified atom stereocenters. The average molecular weight is 1720 g/mol. The lowest BCUT2D eigenvalue weighted by Gasteiger charge is -2.22. The van der Waals surface area contributed by atoms with Crippen LogP contribution in [0.2, 0.25) is 0 Å². The van der Waals surface area contributed by atoms with Gasteiger partial charge in [-0.05, 0) is 244 Å². The lowest BCUT2D eigenvalue weighted by atomic mass is 9.81. The van der Waals surface area contributed by atoms with Crippen molar-refractivity contribution in [1.29, 1.82) is 0 Å². The summed E-state index contributed by atoms with van der Waals surface area (Å²) in [5, 5.41) is 17.5. The summed E-state index contributed by atoms with van der Waals surface area (Å²) in [7, 11) is 0. The Labute approximate surface area is 760 Å². The lowest BCUT2D eigenvalue weighted by molar-refractivity contribution is 0.661. The monoisotopic (exact) mass is 1720 g/mol. The smallest absolute Gasteiger partial charge is 0.137 e. The summed E-state index contributed by atoms with van der Waals surface area (Å²) in [6.45, 7) is 4.67. The van der Waals surface area contributed by atoms with Crippen LogP contribution < -0.4 is 0 Å². The van der Waals surface area contributed by atoms with Gasteiger partial charge in [0.1, 0.15) is 95.1 Å². The molecule has 1 aliphatic rings. The van der Waals surface area contributed by atoms with Crippen molar-refractivity contribution in [3.05, 3.63) is 406 Å². The van der Waals surface area contributed by atoms with E-state index in [1.807, 2.05) is 138 Å². The Morgan fingerprint density at radius 3 is 0.896 bits per heavy atom. The van der Waals surface area contributed by atoms with Gasteiger partial charge < -0.3 is 48.7 Å². The van der Waals surface area contributed by atoms with E-state index in [1.54, 1.807) is 0 Å². The van der Waals surface area contributed by atoms with E-state index in [1.165, 1.54) is 44.2 Å². The zero-order chi connectivity index (χ0) is 87.9. The molecule has 0 radical (unpaired) electrons. The normalized spacial score (nSPS) is 12.8. The molecule has 0 aliphatic heterocycles. The van der Waals surface area contributed by atoms with Gasteiger partial charge in [0.25, 0.3) is 0 Å². The van der Waals surface area contributed by atoms with Gasteiger partial charge in [-0.25, -0.2) is 15.0 Å². The molecule has 134 heavy (non-hydrogen) atoms. The molecule has 628 valence electrons. The van der Waals surface area contributed by atoms with Gasteiger partial charge in [-0.1, -0.05) is 184 Å². The fraction of sp³-hybridized carbons (Fsp3) is 0.0250. The van der Waals surface area contributed by atoms with Crippen molar-refractivity contribution in [2.75, 3.05) is 0 Å². The molecule has 14 nitrogen and oxygen atoms in total. The molecule has 0 atom stereocenters. The van der Waals surface area contributed by atoms with E-state index < -0.39 is 0 Å². The zero-order valence-corrected chi connectivity index (χ0v) is 72.0. The van der Waals surface area contributed by atoms with Crippen LogP contribution in [0, 0.1) is 0 Å². The fourth-order valence-corrected chi connectivity index (χ4v) is 21.1. The molecule has 0 spiro atoms. The zero-order valence-electron chi connectivity index (χ0n) is 72.0. The highest BCUT2D eigenvalue weighted by Crippen LogP contribution is 2.52. The van der Waals surface area contributed by atoms with Crippen molar-refractivity contribution in [3.63, 3.8) is 0 Å². The molecular weight excluding hydrogens is 1650 g/mol. The molecule has 0 bridgehead atoms. The van der Waals surface area contributed by atoms with Crippen molar-refractivity contribution >= 4 is 192 Å². The number of hydrogen-bond acceptors (Lipinski definition) is 10. The molecule has 14 heteroatoms. The Morgan fingerprint density at radius 2 is 0.470 bits per heavy atom. The summed E-state index contributed by atoms with van der Waals surface area (Å²) in [6, 6.07) is 125. The highest BCUT2D eigenvalue weighted by Gasteiger charge is 2.37. The van der Waals surface area contributed by atoms with Gasteiger partial charge in [-0.2, -0.15) is 0 Å². The van der Waals surface area contributed by atoms with Crippen molar-refractivity contribution < 1.29 is 30.9 Å². The predicted molar refractivity (Wildman–Crippen MR) is 541 cm³/mol. The summed E-state index contributed by atoms with van der Waals surface area (Å²) < 4.78 is 52.5. The van der Waals surface area contributed by atoms with E-state index in [-0.39, 0.29) is 5.41 Å². The first-order valence-electron chi connectivity index (χ1n) is 45.1. The molecular formula is C120H71N7O7. The second-order valence-corrected chi connectivity index (χ2v) is 35.8. The molecule has 0 amide bonds. The first-order valence-corrected chi connectivity index (χ1v) is 45.1. The first kappa shape index (κ1) is 74.0. The highest BCUT2D eigenvalue weighted by molar-refractivity contribution is 6.20. The Balaban J connectivity index is 0.0000000982. The van der Waals surface area contributed by atoms with E-state index >= 15 is 0 Å². The van der Waals surface area contributed by atoms with Gasteiger partial charge >= 0.3 is 0 Å². The Morgan fingerprint density at radius 1 is 0.201 bits per heavy atom. The number of furan rings is 7. The van der Waals surface area contributed by atoms with E-state index in [4.69, 9.17) is 45.9 Å². The number of hydrogen-bond donors (Lipinski definition) is 0. The van der Waals surface area contributed by atoms with Crippen LogP contribution in [0.4, 0.5) is 0 Å². The van der Waals surface area contributed by atoms with E-state index in [9.17, 15) is 0 Å². The molecule has 0 N–H and O–H groups in total. The molecule has 14 heterocycles. The van der Waals surface area contributed by atoms with Crippen LogP contribution in [-0.4, -0.2) is 32.7 Å². The molecule has 1 aliphatic carbocycles. The first-order chi connectivity index (χ1) is 66.0. The second kappa shape index (κ2) is 28.0.